The van der Waals surface area contributed by atoms with E-state index in [4.69, 9.17) is 0 Å². The second-order valence-electron chi connectivity index (χ2n) is 3.80. The Bertz CT molecular complexity index is 460. The first-order chi connectivity index (χ1) is 7.19. The maximum Gasteiger partial charge on any atom is 0.151 e. The van der Waals surface area contributed by atoms with Crippen LogP contribution in [0.5, 0.6) is 0 Å². The van der Waals surface area contributed by atoms with Crippen molar-refractivity contribution < 1.29 is 0 Å². The lowest BCUT2D eigenvalue weighted by atomic mass is 10.2. The number of fused-ring (bicyclic) bond motifs is 1. The first kappa shape index (κ1) is 11.0. The molecule has 1 aromatic heterocycles. The van der Waals surface area contributed by atoms with Gasteiger partial charge in [-0.2, -0.15) is 0 Å². The van der Waals surface area contributed by atoms with Gasteiger partial charge in [-0.1, -0.05) is 38.6 Å². The largest absolute Gasteiger partial charge is 0.230 e. The zero-order valence-corrected chi connectivity index (χ0v) is 10.9. The summed E-state index contributed by atoms with van der Waals surface area (Å²) in [5, 5.41) is 0.608. The lowest BCUT2D eigenvalue weighted by Gasteiger charge is -1.97. The minimum Gasteiger partial charge on any atom is -0.230 e. The van der Waals surface area contributed by atoms with E-state index in [2.05, 4.69) is 44.0 Å². The Labute approximate surface area is 98.9 Å². The molecule has 0 aliphatic carbocycles. The van der Waals surface area contributed by atoms with E-state index in [9.17, 15) is 0 Å². The van der Waals surface area contributed by atoms with E-state index in [1.54, 1.807) is 11.3 Å². The highest BCUT2D eigenvalue weighted by Crippen LogP contribution is 2.32. The first-order valence-corrected chi connectivity index (χ1v) is 6.94. The molecule has 0 spiro atoms. The number of thiazole rings is 1. The van der Waals surface area contributed by atoms with Crippen LogP contribution in [0.4, 0.5) is 0 Å². The lowest BCUT2D eigenvalue weighted by Crippen LogP contribution is -1.84. The third-order valence-electron chi connectivity index (χ3n) is 2.18. The highest BCUT2D eigenvalue weighted by molar-refractivity contribution is 8.01. The molecule has 0 aliphatic heterocycles. The minimum absolute atomic E-state index is 0.608. The van der Waals surface area contributed by atoms with Gasteiger partial charge >= 0.3 is 0 Å². The number of hydrogen-bond donors (Lipinski definition) is 0. The van der Waals surface area contributed by atoms with Gasteiger partial charge < -0.3 is 0 Å². The Morgan fingerprint density at radius 2 is 2.20 bits per heavy atom. The zero-order chi connectivity index (χ0) is 10.8. The standard InChI is InChI=1S/C12H15NS2/c1-4-9-5-6-11-10(7-9)13-12(15-11)14-8(2)3/h5-8H,4H2,1-3H3. The summed E-state index contributed by atoms with van der Waals surface area (Å²) in [5.74, 6) is 0. The quantitative estimate of drug-likeness (QED) is 0.736. The molecule has 0 saturated heterocycles. The number of aromatic nitrogens is 1. The van der Waals surface area contributed by atoms with E-state index in [0.29, 0.717) is 5.25 Å². The van der Waals surface area contributed by atoms with Crippen LogP contribution in [0.15, 0.2) is 22.5 Å². The predicted molar refractivity (Wildman–Crippen MR) is 70.0 cm³/mol. The summed E-state index contributed by atoms with van der Waals surface area (Å²) in [6, 6.07) is 6.59. The molecule has 0 saturated carbocycles. The Morgan fingerprint density at radius 3 is 2.87 bits per heavy atom. The van der Waals surface area contributed by atoms with Gasteiger partial charge in [0.05, 0.1) is 10.2 Å². The van der Waals surface area contributed by atoms with E-state index in [-0.39, 0.29) is 0 Å². The van der Waals surface area contributed by atoms with Crippen molar-refractivity contribution in [3.8, 4) is 0 Å². The summed E-state index contributed by atoms with van der Waals surface area (Å²) in [4.78, 5) is 4.64. The monoisotopic (exact) mass is 237 g/mol. The molecule has 3 heteroatoms. The molecule has 2 rings (SSSR count). The van der Waals surface area contributed by atoms with E-state index >= 15 is 0 Å². The van der Waals surface area contributed by atoms with Crippen molar-refractivity contribution in [1.82, 2.24) is 4.98 Å². The molecule has 0 N–H and O–H groups in total. The van der Waals surface area contributed by atoms with Gasteiger partial charge in [-0.25, -0.2) is 4.98 Å². The van der Waals surface area contributed by atoms with Crippen LogP contribution >= 0.6 is 23.1 Å². The molecule has 0 radical (unpaired) electrons. The second kappa shape index (κ2) is 4.54. The summed E-state index contributed by atoms with van der Waals surface area (Å²) in [7, 11) is 0. The maximum absolute atomic E-state index is 4.64. The average Bonchev–Trinajstić information content (AvgIpc) is 2.57. The van der Waals surface area contributed by atoms with Crippen LogP contribution in [-0.2, 0) is 6.42 Å². The lowest BCUT2D eigenvalue weighted by molar-refractivity contribution is 1.10. The molecular weight excluding hydrogens is 222 g/mol. The van der Waals surface area contributed by atoms with Gasteiger partial charge in [0, 0.05) is 5.25 Å². The SMILES string of the molecule is CCc1ccc2sc(SC(C)C)nc2c1. The zero-order valence-electron chi connectivity index (χ0n) is 9.28. The fraction of sp³-hybridized carbons (Fsp3) is 0.417. The van der Waals surface area contributed by atoms with Crippen molar-refractivity contribution in [1.29, 1.82) is 0 Å². The van der Waals surface area contributed by atoms with Gasteiger partial charge in [0.15, 0.2) is 4.34 Å². The van der Waals surface area contributed by atoms with Gasteiger partial charge in [-0.3, -0.25) is 0 Å². The topological polar surface area (TPSA) is 12.9 Å². The van der Waals surface area contributed by atoms with Gasteiger partial charge in [0.1, 0.15) is 0 Å². The average molecular weight is 237 g/mol. The van der Waals surface area contributed by atoms with Crippen molar-refractivity contribution in [2.75, 3.05) is 0 Å². The number of benzene rings is 1. The molecule has 0 bridgehead atoms. The number of hydrogen-bond acceptors (Lipinski definition) is 3. The van der Waals surface area contributed by atoms with E-state index in [0.717, 1.165) is 11.9 Å². The molecule has 0 amide bonds. The van der Waals surface area contributed by atoms with Crippen LogP contribution in [0.1, 0.15) is 26.3 Å². The Morgan fingerprint density at radius 1 is 1.40 bits per heavy atom. The molecule has 1 aromatic carbocycles. The van der Waals surface area contributed by atoms with Crippen LogP contribution in [0.3, 0.4) is 0 Å². The van der Waals surface area contributed by atoms with Crippen molar-refractivity contribution in [2.45, 2.75) is 36.8 Å². The van der Waals surface area contributed by atoms with E-state index in [1.165, 1.54) is 14.6 Å². The van der Waals surface area contributed by atoms with Crippen molar-refractivity contribution in [3.63, 3.8) is 0 Å². The van der Waals surface area contributed by atoms with E-state index in [1.807, 2.05) is 11.8 Å². The highest BCUT2D eigenvalue weighted by Gasteiger charge is 2.06. The Balaban J connectivity index is 2.37. The number of aryl methyl sites for hydroxylation is 1. The van der Waals surface area contributed by atoms with Crippen LogP contribution in [0.25, 0.3) is 10.2 Å². The van der Waals surface area contributed by atoms with Gasteiger partial charge in [0.25, 0.3) is 0 Å². The van der Waals surface area contributed by atoms with Crippen LogP contribution < -0.4 is 0 Å². The van der Waals surface area contributed by atoms with E-state index < -0.39 is 0 Å². The summed E-state index contributed by atoms with van der Waals surface area (Å²) < 4.78 is 2.49. The van der Waals surface area contributed by atoms with Crippen molar-refractivity contribution in [2.24, 2.45) is 0 Å². The molecule has 0 fully saturated rings. The number of rotatable bonds is 3. The normalized spacial score (nSPS) is 11.5. The summed E-state index contributed by atoms with van der Waals surface area (Å²) in [5.41, 5.74) is 2.52. The van der Waals surface area contributed by atoms with Gasteiger partial charge in [-0.15, -0.1) is 11.3 Å². The Hall–Kier alpha value is -0.540. The molecule has 1 nitrogen and oxygen atoms in total. The molecule has 1 heterocycles. The summed E-state index contributed by atoms with van der Waals surface area (Å²) in [6.07, 6.45) is 1.08. The van der Waals surface area contributed by atoms with Gasteiger partial charge in [0.2, 0.25) is 0 Å². The Kier molecular flexibility index (Phi) is 3.32. The molecule has 0 aliphatic rings. The molecular formula is C12H15NS2. The maximum atomic E-state index is 4.64. The highest BCUT2D eigenvalue weighted by atomic mass is 32.2. The van der Waals surface area contributed by atoms with Crippen molar-refractivity contribution >= 4 is 33.3 Å². The second-order valence-corrected chi connectivity index (χ2v) is 6.66. The molecule has 0 atom stereocenters. The van der Waals surface area contributed by atoms with Gasteiger partial charge in [-0.05, 0) is 24.1 Å². The van der Waals surface area contributed by atoms with Crippen LogP contribution in [-0.4, -0.2) is 10.2 Å². The van der Waals surface area contributed by atoms with Crippen LogP contribution in [0.2, 0.25) is 0 Å². The number of nitrogens with zero attached hydrogens (tertiary/aromatic N) is 1. The predicted octanol–water partition coefficient (Wildman–Crippen LogP) is 4.36. The summed E-state index contributed by atoms with van der Waals surface area (Å²) in [6.45, 7) is 6.58. The molecule has 2 aromatic rings. The smallest absolute Gasteiger partial charge is 0.151 e. The minimum atomic E-state index is 0.608. The van der Waals surface area contributed by atoms with Crippen molar-refractivity contribution in [3.05, 3.63) is 23.8 Å². The molecule has 80 valence electrons. The number of thioether (sulfide) groups is 1. The molecule has 15 heavy (non-hydrogen) atoms. The fourth-order valence-electron chi connectivity index (χ4n) is 1.42. The third kappa shape index (κ3) is 2.52. The van der Waals surface area contributed by atoms with Crippen LogP contribution in [0, 0.1) is 0 Å². The molecule has 0 unspecified atom stereocenters. The fourth-order valence-corrected chi connectivity index (χ4v) is 3.69. The third-order valence-corrected chi connectivity index (χ3v) is 4.31. The summed E-state index contributed by atoms with van der Waals surface area (Å²) >= 11 is 3.64. The first-order valence-electron chi connectivity index (χ1n) is 5.25.